The summed E-state index contributed by atoms with van der Waals surface area (Å²) in [5, 5.41) is 0. The van der Waals surface area contributed by atoms with Gasteiger partial charge in [-0.3, -0.25) is 0 Å². The zero-order chi connectivity index (χ0) is 14.4. The molecule has 0 heterocycles. The van der Waals surface area contributed by atoms with E-state index in [1.807, 2.05) is 0 Å². The van der Waals surface area contributed by atoms with E-state index in [0.717, 1.165) is 47.3 Å². The van der Waals surface area contributed by atoms with Crippen LogP contribution in [0.4, 0.5) is 0 Å². The topological polar surface area (TPSA) is 0 Å². The Balaban J connectivity index is 1.50. The predicted octanol–water partition coefficient (Wildman–Crippen LogP) is 5.62. The second kappa shape index (κ2) is 3.85. The Kier molecular flexibility index (Phi) is 2.63. The average Bonchev–Trinajstić information content (AvgIpc) is 3.09. The summed E-state index contributed by atoms with van der Waals surface area (Å²) in [6, 6.07) is 0. The Bertz CT molecular complexity index is 378. The molecule has 0 aromatic carbocycles. The molecule has 0 aromatic rings. The highest BCUT2D eigenvalue weighted by atomic mass is 14.7. The smallest absolute Gasteiger partial charge is 0.0292 e. The van der Waals surface area contributed by atoms with Crippen molar-refractivity contribution >= 4 is 0 Å². The molecule has 0 heteroatoms. The lowest BCUT2D eigenvalue weighted by Crippen LogP contribution is -2.33. The summed E-state index contributed by atoms with van der Waals surface area (Å²) in [6.45, 7) is 15.3. The molecule has 4 saturated carbocycles. The largest absolute Gasteiger partial charge is 0.0622 e. The molecule has 20 heavy (non-hydrogen) atoms. The van der Waals surface area contributed by atoms with E-state index in [1.54, 1.807) is 12.8 Å². The Morgan fingerprint density at radius 3 is 1.20 bits per heavy atom. The van der Waals surface area contributed by atoms with Crippen molar-refractivity contribution in [1.29, 1.82) is 0 Å². The van der Waals surface area contributed by atoms with Crippen LogP contribution in [-0.2, 0) is 0 Å². The first-order valence-electron chi connectivity index (χ1n) is 9.24. The zero-order valence-electron chi connectivity index (χ0n) is 14.4. The maximum atomic E-state index is 2.58. The second-order valence-corrected chi connectivity index (χ2v) is 10.3. The van der Waals surface area contributed by atoms with Crippen LogP contribution in [0.3, 0.4) is 0 Å². The molecule has 8 atom stereocenters. The van der Waals surface area contributed by atoms with E-state index >= 15 is 0 Å². The molecule has 114 valence electrons. The number of rotatable bonds is 1. The highest BCUT2D eigenvalue weighted by Crippen LogP contribution is 2.71. The minimum absolute atomic E-state index is 0.683. The van der Waals surface area contributed by atoms with Gasteiger partial charge in [-0.1, -0.05) is 41.5 Å². The fourth-order valence-electron chi connectivity index (χ4n) is 6.98. The monoisotopic (exact) mass is 274 g/mol. The maximum absolute atomic E-state index is 2.58. The minimum atomic E-state index is 0.683. The van der Waals surface area contributed by atoms with Gasteiger partial charge in [0.05, 0.1) is 0 Å². The van der Waals surface area contributed by atoms with Crippen LogP contribution in [0.5, 0.6) is 0 Å². The lowest BCUT2D eigenvalue weighted by molar-refractivity contribution is 0.0889. The van der Waals surface area contributed by atoms with Crippen LogP contribution in [0, 0.1) is 58.2 Å². The number of fused-ring (bicyclic) bond motifs is 2. The van der Waals surface area contributed by atoms with Gasteiger partial charge in [0, 0.05) is 0 Å². The fourth-order valence-corrected chi connectivity index (χ4v) is 6.98. The van der Waals surface area contributed by atoms with E-state index in [4.69, 9.17) is 0 Å². The van der Waals surface area contributed by atoms with E-state index in [9.17, 15) is 0 Å². The third kappa shape index (κ3) is 1.66. The molecule has 0 saturated heterocycles. The maximum Gasteiger partial charge on any atom is -0.0292 e. The molecule has 0 nitrogen and oxygen atoms in total. The summed E-state index contributed by atoms with van der Waals surface area (Å²) in [6.07, 6.45) is 6.18. The van der Waals surface area contributed by atoms with Crippen molar-refractivity contribution in [2.45, 2.75) is 67.2 Å². The molecule has 4 rings (SSSR count). The van der Waals surface area contributed by atoms with E-state index in [2.05, 4.69) is 41.5 Å². The van der Waals surface area contributed by atoms with Crippen LogP contribution in [0.2, 0.25) is 0 Å². The van der Waals surface area contributed by atoms with Crippen LogP contribution in [0.25, 0.3) is 0 Å². The van der Waals surface area contributed by atoms with Gasteiger partial charge in [-0.25, -0.2) is 0 Å². The van der Waals surface area contributed by atoms with Crippen molar-refractivity contribution < 1.29 is 0 Å². The van der Waals surface area contributed by atoms with Crippen LogP contribution in [0.15, 0.2) is 0 Å². The molecule has 4 aliphatic carbocycles. The third-order valence-electron chi connectivity index (χ3n) is 8.89. The molecule has 4 fully saturated rings. The molecule has 0 bridgehead atoms. The van der Waals surface area contributed by atoms with E-state index < -0.39 is 0 Å². The highest BCUT2D eigenvalue weighted by Gasteiger charge is 2.64. The molecule has 4 aliphatic rings. The molecular formula is C20H34. The van der Waals surface area contributed by atoms with Gasteiger partial charge in [0.2, 0.25) is 0 Å². The van der Waals surface area contributed by atoms with Crippen molar-refractivity contribution in [1.82, 2.24) is 0 Å². The molecule has 0 spiro atoms. The van der Waals surface area contributed by atoms with E-state index in [-0.39, 0.29) is 0 Å². The highest BCUT2D eigenvalue weighted by molar-refractivity contribution is 5.13. The van der Waals surface area contributed by atoms with Crippen LogP contribution in [0.1, 0.15) is 67.2 Å². The SMILES string of the molecule is CC1CC2C(CC1C1CC3C(CC1C)C3(C)C)C2(C)C. The van der Waals surface area contributed by atoms with Crippen molar-refractivity contribution in [3.63, 3.8) is 0 Å². The molecule has 0 amide bonds. The lowest BCUT2D eigenvalue weighted by Gasteiger charge is -2.40. The first kappa shape index (κ1) is 13.6. The molecule has 0 aliphatic heterocycles. The van der Waals surface area contributed by atoms with Crippen molar-refractivity contribution in [3.8, 4) is 0 Å². The van der Waals surface area contributed by atoms with Gasteiger partial charge in [-0.15, -0.1) is 0 Å². The number of hydrogen-bond donors (Lipinski definition) is 0. The summed E-state index contributed by atoms with van der Waals surface area (Å²) in [5.41, 5.74) is 1.37. The van der Waals surface area contributed by atoms with Crippen LogP contribution < -0.4 is 0 Å². The van der Waals surface area contributed by atoms with Gasteiger partial charge < -0.3 is 0 Å². The van der Waals surface area contributed by atoms with Gasteiger partial charge in [0.25, 0.3) is 0 Å². The second-order valence-electron chi connectivity index (χ2n) is 10.3. The van der Waals surface area contributed by atoms with Crippen molar-refractivity contribution in [3.05, 3.63) is 0 Å². The van der Waals surface area contributed by atoms with Crippen LogP contribution >= 0.6 is 0 Å². The Morgan fingerprint density at radius 1 is 0.550 bits per heavy atom. The fraction of sp³-hybridized carbons (Fsp3) is 1.00. The summed E-state index contributed by atoms with van der Waals surface area (Å²) < 4.78 is 0. The molecule has 0 N–H and O–H groups in total. The first-order valence-corrected chi connectivity index (χ1v) is 9.24. The van der Waals surface area contributed by atoms with E-state index in [1.165, 1.54) is 12.8 Å². The standard InChI is InChI=1S/C20H34/c1-11-7-15-17(19(15,3)4)9-13(11)14-10-18-16(8-12(14)2)20(18,5)6/h11-18H,7-10H2,1-6H3. The Labute approximate surface area is 126 Å². The van der Waals surface area contributed by atoms with Crippen molar-refractivity contribution in [2.24, 2.45) is 58.2 Å². The predicted molar refractivity (Wildman–Crippen MR) is 85.3 cm³/mol. The zero-order valence-corrected chi connectivity index (χ0v) is 14.4. The quantitative estimate of drug-likeness (QED) is 0.582. The van der Waals surface area contributed by atoms with Gasteiger partial charge in [0.15, 0.2) is 0 Å². The minimum Gasteiger partial charge on any atom is -0.0622 e. The third-order valence-corrected chi connectivity index (χ3v) is 8.89. The molecule has 8 unspecified atom stereocenters. The number of hydrogen-bond acceptors (Lipinski definition) is 0. The molecule has 0 aromatic heterocycles. The first-order chi connectivity index (χ1) is 9.24. The summed E-state index contributed by atoms with van der Waals surface area (Å²) >= 11 is 0. The summed E-state index contributed by atoms with van der Waals surface area (Å²) in [7, 11) is 0. The van der Waals surface area contributed by atoms with Gasteiger partial charge in [0.1, 0.15) is 0 Å². The van der Waals surface area contributed by atoms with Gasteiger partial charge in [-0.2, -0.15) is 0 Å². The van der Waals surface area contributed by atoms with E-state index in [0.29, 0.717) is 10.8 Å². The average molecular weight is 274 g/mol. The van der Waals surface area contributed by atoms with Crippen molar-refractivity contribution in [2.75, 3.05) is 0 Å². The summed E-state index contributed by atoms with van der Waals surface area (Å²) in [4.78, 5) is 0. The lowest BCUT2D eigenvalue weighted by atomic mass is 9.65. The van der Waals surface area contributed by atoms with Gasteiger partial charge in [-0.05, 0) is 83.9 Å². The Hall–Kier alpha value is 0. The molecular weight excluding hydrogens is 240 g/mol. The Morgan fingerprint density at radius 2 is 0.850 bits per heavy atom. The van der Waals surface area contributed by atoms with Gasteiger partial charge >= 0.3 is 0 Å². The molecule has 0 radical (unpaired) electrons. The normalized spacial score (nSPS) is 58.5. The summed E-state index contributed by atoms with van der Waals surface area (Å²) in [5.74, 6) is 8.35. The van der Waals surface area contributed by atoms with Crippen LogP contribution in [-0.4, -0.2) is 0 Å².